The number of carbonyl (C=O) groups excluding carboxylic acids is 2. The lowest BCUT2D eigenvalue weighted by atomic mass is 10.1. The van der Waals surface area contributed by atoms with Gasteiger partial charge in [-0.15, -0.1) is 0 Å². The van der Waals surface area contributed by atoms with Crippen LogP contribution < -0.4 is 15.5 Å². The fourth-order valence-corrected chi connectivity index (χ4v) is 2.69. The number of carbonyl (C=O) groups is 2. The number of anilines is 1. The summed E-state index contributed by atoms with van der Waals surface area (Å²) in [5.41, 5.74) is 4.18. The summed E-state index contributed by atoms with van der Waals surface area (Å²) in [4.78, 5) is 24.4. The maximum atomic E-state index is 12.3. The third-order valence-corrected chi connectivity index (χ3v) is 4.15. The lowest BCUT2D eigenvalue weighted by Crippen LogP contribution is -2.21. The molecule has 6 heteroatoms. The highest BCUT2D eigenvalue weighted by Gasteiger charge is 2.08. The summed E-state index contributed by atoms with van der Waals surface area (Å²) in [6, 6.07) is 20.3. The monoisotopic (exact) mass is 375 g/mol. The molecule has 0 aromatic heterocycles. The lowest BCUT2D eigenvalue weighted by molar-refractivity contribution is -0.115. The fraction of sp³-hybridized carbons (Fsp3) is 0.136. The van der Waals surface area contributed by atoms with Crippen LogP contribution in [0.25, 0.3) is 10.8 Å². The molecule has 0 saturated carbocycles. The van der Waals surface area contributed by atoms with Gasteiger partial charge in [-0.25, -0.2) is 5.43 Å². The van der Waals surface area contributed by atoms with Crippen molar-refractivity contribution >= 4 is 34.0 Å². The van der Waals surface area contributed by atoms with Crippen LogP contribution in [0.15, 0.2) is 71.8 Å². The number of hydrogen-bond acceptors (Lipinski definition) is 4. The van der Waals surface area contributed by atoms with Gasteiger partial charge in [0.05, 0.1) is 13.5 Å². The van der Waals surface area contributed by atoms with Crippen molar-refractivity contribution < 1.29 is 14.3 Å². The zero-order valence-corrected chi connectivity index (χ0v) is 15.7. The Morgan fingerprint density at radius 2 is 1.68 bits per heavy atom. The average molecular weight is 375 g/mol. The average Bonchev–Trinajstić information content (AvgIpc) is 2.72. The van der Waals surface area contributed by atoms with Gasteiger partial charge in [-0.1, -0.05) is 30.3 Å². The second kappa shape index (κ2) is 8.81. The van der Waals surface area contributed by atoms with Gasteiger partial charge < -0.3 is 10.1 Å². The molecule has 0 radical (unpaired) electrons. The van der Waals surface area contributed by atoms with E-state index >= 15 is 0 Å². The summed E-state index contributed by atoms with van der Waals surface area (Å²) in [6.45, 7) is 1.69. The highest BCUT2D eigenvalue weighted by molar-refractivity contribution is 6.06. The lowest BCUT2D eigenvalue weighted by Gasteiger charge is -2.07. The van der Waals surface area contributed by atoms with Gasteiger partial charge in [0.1, 0.15) is 5.75 Å². The summed E-state index contributed by atoms with van der Waals surface area (Å²) >= 11 is 0. The predicted molar refractivity (Wildman–Crippen MR) is 111 cm³/mol. The first-order chi connectivity index (χ1) is 13.5. The van der Waals surface area contributed by atoms with E-state index in [4.69, 9.17) is 4.74 Å². The van der Waals surface area contributed by atoms with E-state index in [2.05, 4.69) is 15.8 Å². The highest BCUT2D eigenvalue weighted by Crippen LogP contribution is 2.16. The second-order valence-corrected chi connectivity index (χ2v) is 6.30. The number of benzene rings is 3. The van der Waals surface area contributed by atoms with Crippen molar-refractivity contribution in [1.29, 1.82) is 0 Å². The van der Waals surface area contributed by atoms with Gasteiger partial charge in [-0.05, 0) is 54.1 Å². The molecule has 3 aromatic carbocycles. The molecule has 0 saturated heterocycles. The molecule has 0 atom stereocenters. The Bertz CT molecular complexity index is 1030. The molecule has 0 spiro atoms. The van der Waals surface area contributed by atoms with Gasteiger partial charge in [0.25, 0.3) is 5.91 Å². The molecule has 142 valence electrons. The number of amides is 2. The molecule has 0 heterocycles. The Kier molecular flexibility index (Phi) is 6.01. The van der Waals surface area contributed by atoms with Crippen molar-refractivity contribution in [2.45, 2.75) is 13.3 Å². The van der Waals surface area contributed by atoms with Crippen LogP contribution in [0.2, 0.25) is 0 Å². The second-order valence-electron chi connectivity index (χ2n) is 6.30. The zero-order chi connectivity index (χ0) is 19.9. The van der Waals surface area contributed by atoms with Crippen LogP contribution in [0, 0.1) is 0 Å². The summed E-state index contributed by atoms with van der Waals surface area (Å²) < 4.78 is 5.08. The minimum Gasteiger partial charge on any atom is -0.497 e. The molecule has 28 heavy (non-hydrogen) atoms. The first kappa shape index (κ1) is 19.1. The molecule has 0 aliphatic rings. The number of hydrogen-bond donors (Lipinski definition) is 2. The Hall–Kier alpha value is -3.67. The third kappa shape index (κ3) is 4.94. The van der Waals surface area contributed by atoms with Gasteiger partial charge in [0, 0.05) is 17.0 Å². The van der Waals surface area contributed by atoms with E-state index in [1.54, 1.807) is 44.4 Å². The molecule has 2 amide bonds. The number of nitrogens with zero attached hydrogens (tertiary/aromatic N) is 1. The smallest absolute Gasteiger partial charge is 0.271 e. The van der Waals surface area contributed by atoms with Crippen molar-refractivity contribution in [3.05, 3.63) is 72.3 Å². The molecule has 2 N–H and O–H groups in total. The van der Waals surface area contributed by atoms with E-state index in [0.717, 1.165) is 10.8 Å². The van der Waals surface area contributed by atoms with Crippen molar-refractivity contribution in [2.75, 3.05) is 12.4 Å². The Morgan fingerprint density at radius 3 is 2.39 bits per heavy atom. The van der Waals surface area contributed by atoms with Gasteiger partial charge in [-0.2, -0.15) is 5.10 Å². The van der Waals surface area contributed by atoms with Gasteiger partial charge >= 0.3 is 0 Å². The van der Waals surface area contributed by atoms with Crippen molar-refractivity contribution in [1.82, 2.24) is 5.43 Å². The van der Waals surface area contributed by atoms with Gasteiger partial charge in [-0.3, -0.25) is 9.59 Å². The zero-order valence-electron chi connectivity index (χ0n) is 15.7. The molecule has 3 rings (SSSR count). The van der Waals surface area contributed by atoms with Crippen molar-refractivity contribution in [3.8, 4) is 5.75 Å². The topological polar surface area (TPSA) is 79.8 Å². The third-order valence-electron chi connectivity index (χ3n) is 4.15. The van der Waals surface area contributed by atoms with E-state index in [-0.39, 0.29) is 18.2 Å². The normalized spacial score (nSPS) is 11.1. The van der Waals surface area contributed by atoms with Gasteiger partial charge in [0.15, 0.2) is 0 Å². The number of ether oxygens (including phenoxy) is 1. The summed E-state index contributed by atoms with van der Waals surface area (Å²) in [5.74, 6) is 0.180. The van der Waals surface area contributed by atoms with Crippen LogP contribution in [0.1, 0.15) is 23.7 Å². The number of nitrogens with one attached hydrogen (secondary N) is 2. The summed E-state index contributed by atoms with van der Waals surface area (Å²) in [7, 11) is 1.58. The molecular weight excluding hydrogens is 354 g/mol. The largest absolute Gasteiger partial charge is 0.497 e. The molecule has 6 nitrogen and oxygen atoms in total. The van der Waals surface area contributed by atoms with Crippen LogP contribution in [0.4, 0.5) is 5.69 Å². The molecule has 0 unspecified atom stereocenters. The molecule has 3 aromatic rings. The van der Waals surface area contributed by atoms with Crippen molar-refractivity contribution in [3.63, 3.8) is 0 Å². The Morgan fingerprint density at radius 1 is 0.964 bits per heavy atom. The Balaban J connectivity index is 1.56. The summed E-state index contributed by atoms with van der Waals surface area (Å²) in [6.07, 6.45) is 0.0734. The number of methoxy groups -OCH3 is 1. The van der Waals surface area contributed by atoms with Gasteiger partial charge in [0.2, 0.25) is 5.91 Å². The number of hydrazone groups is 1. The van der Waals surface area contributed by atoms with Crippen LogP contribution >= 0.6 is 0 Å². The molecule has 0 aliphatic carbocycles. The molecule has 0 aliphatic heterocycles. The maximum Gasteiger partial charge on any atom is 0.271 e. The SMILES string of the molecule is COc1ccc(NC(=O)C/C(C)=N\NC(=O)c2ccc3ccccc3c2)cc1. The van der Waals surface area contributed by atoms with E-state index in [9.17, 15) is 9.59 Å². The minimum absolute atomic E-state index is 0.0734. The number of fused-ring (bicyclic) bond motifs is 1. The standard InChI is InChI=1S/C22H21N3O3/c1-15(13-21(26)23-19-9-11-20(28-2)12-10-19)24-25-22(27)18-8-7-16-5-3-4-6-17(16)14-18/h3-12,14H,13H2,1-2H3,(H,23,26)(H,25,27)/b24-15-. The van der Waals surface area contributed by atoms with Crippen LogP contribution in [0.3, 0.4) is 0 Å². The van der Waals surface area contributed by atoms with E-state index in [1.165, 1.54) is 0 Å². The first-order valence-electron chi connectivity index (χ1n) is 8.81. The first-order valence-corrected chi connectivity index (χ1v) is 8.81. The van der Waals surface area contributed by atoms with E-state index in [0.29, 0.717) is 22.7 Å². The van der Waals surface area contributed by atoms with E-state index in [1.807, 2.05) is 36.4 Å². The Labute approximate surface area is 163 Å². The van der Waals surface area contributed by atoms with Crippen molar-refractivity contribution in [2.24, 2.45) is 5.10 Å². The predicted octanol–water partition coefficient (Wildman–Crippen LogP) is 3.98. The van der Waals surface area contributed by atoms with Crippen LogP contribution in [-0.4, -0.2) is 24.6 Å². The number of rotatable bonds is 6. The highest BCUT2D eigenvalue weighted by atomic mass is 16.5. The molecule has 0 fully saturated rings. The molecule has 0 bridgehead atoms. The fourth-order valence-electron chi connectivity index (χ4n) is 2.69. The van der Waals surface area contributed by atoms with Crippen LogP contribution in [-0.2, 0) is 4.79 Å². The van der Waals surface area contributed by atoms with E-state index < -0.39 is 0 Å². The van der Waals surface area contributed by atoms with Crippen LogP contribution in [0.5, 0.6) is 5.75 Å². The quantitative estimate of drug-likeness (QED) is 0.505. The summed E-state index contributed by atoms with van der Waals surface area (Å²) in [5, 5.41) is 8.85. The maximum absolute atomic E-state index is 12.3. The minimum atomic E-state index is -0.319. The molecular formula is C22H21N3O3.